The molecule has 1 unspecified atom stereocenters. The molecule has 3 rings (SSSR count). The van der Waals surface area contributed by atoms with Crippen molar-refractivity contribution in [2.75, 3.05) is 13.2 Å². The van der Waals surface area contributed by atoms with Crippen LogP contribution in [0, 0.1) is 0 Å². The Morgan fingerprint density at radius 2 is 2.10 bits per heavy atom. The van der Waals surface area contributed by atoms with E-state index in [-0.39, 0.29) is 6.04 Å². The Balaban J connectivity index is 1.54. The normalized spacial score (nSPS) is 17.6. The highest BCUT2D eigenvalue weighted by Crippen LogP contribution is 2.21. The lowest BCUT2D eigenvalue weighted by atomic mass is 10.3. The minimum absolute atomic E-state index is 0.231. The van der Waals surface area contributed by atoms with Crippen LogP contribution in [0.15, 0.2) is 24.3 Å². The maximum atomic E-state index is 5.89. The highest BCUT2D eigenvalue weighted by molar-refractivity contribution is 5.75. The molecule has 1 atom stereocenters. The van der Waals surface area contributed by atoms with Crippen molar-refractivity contribution in [3.05, 3.63) is 30.1 Å². The third-order valence-electron chi connectivity index (χ3n) is 4.42. The van der Waals surface area contributed by atoms with Crippen LogP contribution >= 0.6 is 0 Å². The molecule has 2 aromatic rings. The van der Waals surface area contributed by atoms with Gasteiger partial charge in [0.2, 0.25) is 0 Å². The number of hydrogen-bond acceptors (Lipinski definition) is 3. The van der Waals surface area contributed by atoms with Crippen LogP contribution in [0.5, 0.6) is 0 Å². The standard InChI is InChI=1S/C17H25N3O/c1-13(18-11-12-21-14-7-3-4-8-14)17-19-15-9-5-6-10-16(15)20(17)2/h5-6,9-10,13-14,18H,3-4,7-8,11-12H2,1-2H3. The highest BCUT2D eigenvalue weighted by Gasteiger charge is 2.16. The predicted octanol–water partition coefficient (Wildman–Crippen LogP) is 3.18. The van der Waals surface area contributed by atoms with Crippen LogP contribution in [0.2, 0.25) is 0 Å². The van der Waals surface area contributed by atoms with Gasteiger partial charge in [0.15, 0.2) is 0 Å². The van der Waals surface area contributed by atoms with Crippen LogP contribution < -0.4 is 5.32 Å². The van der Waals surface area contributed by atoms with Gasteiger partial charge in [-0.2, -0.15) is 0 Å². The molecule has 21 heavy (non-hydrogen) atoms. The number of nitrogens with zero attached hydrogens (tertiary/aromatic N) is 2. The van der Waals surface area contributed by atoms with Crippen LogP contribution in [0.3, 0.4) is 0 Å². The summed E-state index contributed by atoms with van der Waals surface area (Å²) < 4.78 is 8.06. The number of nitrogens with one attached hydrogen (secondary N) is 1. The summed E-state index contributed by atoms with van der Waals surface area (Å²) in [6, 6.07) is 8.50. The predicted molar refractivity (Wildman–Crippen MR) is 85.3 cm³/mol. The van der Waals surface area contributed by atoms with Crippen molar-refractivity contribution in [3.63, 3.8) is 0 Å². The number of imidazole rings is 1. The third-order valence-corrected chi connectivity index (χ3v) is 4.42. The first-order chi connectivity index (χ1) is 10.3. The summed E-state index contributed by atoms with van der Waals surface area (Å²) in [7, 11) is 2.08. The number of aromatic nitrogens is 2. The fourth-order valence-corrected chi connectivity index (χ4v) is 3.20. The number of fused-ring (bicyclic) bond motifs is 1. The molecule has 4 nitrogen and oxygen atoms in total. The number of rotatable bonds is 6. The first-order valence-corrected chi connectivity index (χ1v) is 8.02. The molecule has 0 saturated heterocycles. The summed E-state index contributed by atoms with van der Waals surface area (Å²) in [5, 5.41) is 3.52. The first-order valence-electron chi connectivity index (χ1n) is 8.02. The number of ether oxygens (including phenoxy) is 1. The fraction of sp³-hybridized carbons (Fsp3) is 0.588. The lowest BCUT2D eigenvalue weighted by molar-refractivity contribution is 0.0592. The summed E-state index contributed by atoms with van der Waals surface area (Å²) in [5.74, 6) is 1.08. The second-order valence-corrected chi connectivity index (χ2v) is 5.97. The van der Waals surface area contributed by atoms with E-state index in [1.165, 1.54) is 31.2 Å². The lowest BCUT2D eigenvalue weighted by Gasteiger charge is -2.15. The van der Waals surface area contributed by atoms with Crippen molar-refractivity contribution in [2.45, 2.75) is 44.8 Å². The van der Waals surface area contributed by atoms with E-state index in [0.717, 1.165) is 24.5 Å². The van der Waals surface area contributed by atoms with Crippen molar-refractivity contribution in [2.24, 2.45) is 7.05 Å². The second kappa shape index (κ2) is 6.58. The lowest BCUT2D eigenvalue weighted by Crippen LogP contribution is -2.26. The van der Waals surface area contributed by atoms with E-state index in [0.29, 0.717) is 6.10 Å². The Morgan fingerprint density at radius 1 is 1.33 bits per heavy atom. The smallest absolute Gasteiger partial charge is 0.126 e. The Labute approximate surface area is 126 Å². The van der Waals surface area contributed by atoms with Gasteiger partial charge in [-0.25, -0.2) is 4.98 Å². The van der Waals surface area contributed by atoms with Crippen molar-refractivity contribution >= 4 is 11.0 Å². The fourth-order valence-electron chi connectivity index (χ4n) is 3.20. The molecule has 1 aromatic heterocycles. The van der Waals surface area contributed by atoms with Crippen molar-refractivity contribution < 1.29 is 4.74 Å². The van der Waals surface area contributed by atoms with Gasteiger partial charge in [-0.15, -0.1) is 0 Å². The van der Waals surface area contributed by atoms with Crippen LogP contribution in [0.25, 0.3) is 11.0 Å². The van der Waals surface area contributed by atoms with E-state index in [9.17, 15) is 0 Å². The molecule has 1 aromatic carbocycles. The van der Waals surface area contributed by atoms with Crippen molar-refractivity contribution in [1.29, 1.82) is 0 Å². The average Bonchev–Trinajstić information content (AvgIpc) is 3.12. The molecular formula is C17H25N3O. The molecule has 1 N–H and O–H groups in total. The van der Waals surface area contributed by atoms with E-state index in [2.05, 4.69) is 42.1 Å². The summed E-state index contributed by atoms with van der Waals surface area (Å²) in [4.78, 5) is 4.73. The van der Waals surface area contributed by atoms with Gasteiger partial charge in [0.25, 0.3) is 0 Å². The van der Waals surface area contributed by atoms with E-state index >= 15 is 0 Å². The largest absolute Gasteiger partial charge is 0.377 e. The molecule has 1 aliphatic rings. The number of hydrogen-bond donors (Lipinski definition) is 1. The number of para-hydroxylation sites is 2. The minimum Gasteiger partial charge on any atom is -0.377 e. The molecule has 1 aliphatic carbocycles. The maximum absolute atomic E-state index is 5.89. The third kappa shape index (κ3) is 3.27. The van der Waals surface area contributed by atoms with Crippen LogP contribution in [0.1, 0.15) is 44.5 Å². The summed E-state index contributed by atoms with van der Waals surface area (Å²) in [6.45, 7) is 3.83. The molecule has 1 saturated carbocycles. The minimum atomic E-state index is 0.231. The van der Waals surface area contributed by atoms with Gasteiger partial charge in [-0.05, 0) is 31.9 Å². The first kappa shape index (κ1) is 14.5. The molecule has 0 aliphatic heterocycles. The molecule has 0 amide bonds. The van der Waals surface area contributed by atoms with Gasteiger partial charge >= 0.3 is 0 Å². The zero-order valence-electron chi connectivity index (χ0n) is 13.0. The average molecular weight is 287 g/mol. The zero-order valence-corrected chi connectivity index (χ0v) is 13.0. The Hall–Kier alpha value is -1.39. The zero-order chi connectivity index (χ0) is 14.7. The summed E-state index contributed by atoms with van der Waals surface area (Å²) >= 11 is 0. The van der Waals surface area contributed by atoms with E-state index in [1.807, 2.05) is 6.07 Å². The van der Waals surface area contributed by atoms with Crippen molar-refractivity contribution in [1.82, 2.24) is 14.9 Å². The van der Waals surface area contributed by atoms with Crippen LogP contribution in [-0.4, -0.2) is 28.8 Å². The van der Waals surface area contributed by atoms with Crippen LogP contribution in [0.4, 0.5) is 0 Å². The highest BCUT2D eigenvalue weighted by atomic mass is 16.5. The second-order valence-electron chi connectivity index (χ2n) is 5.97. The molecule has 1 fully saturated rings. The Bertz CT molecular complexity index is 587. The van der Waals surface area contributed by atoms with E-state index in [1.54, 1.807) is 0 Å². The molecule has 0 radical (unpaired) electrons. The number of benzene rings is 1. The van der Waals surface area contributed by atoms with Crippen molar-refractivity contribution in [3.8, 4) is 0 Å². The van der Waals surface area contributed by atoms with E-state index < -0.39 is 0 Å². The van der Waals surface area contributed by atoms with Gasteiger partial charge in [-0.1, -0.05) is 25.0 Å². The van der Waals surface area contributed by atoms with Gasteiger partial charge in [0.05, 0.1) is 29.8 Å². The summed E-state index contributed by atoms with van der Waals surface area (Å²) in [6.07, 6.45) is 5.63. The summed E-state index contributed by atoms with van der Waals surface area (Å²) in [5.41, 5.74) is 2.24. The Kier molecular flexibility index (Phi) is 4.56. The molecule has 1 heterocycles. The molecular weight excluding hydrogens is 262 g/mol. The molecule has 4 heteroatoms. The van der Waals surface area contributed by atoms with Crippen LogP contribution in [-0.2, 0) is 11.8 Å². The molecule has 0 spiro atoms. The topological polar surface area (TPSA) is 39.1 Å². The SMILES string of the molecule is CC(NCCOC1CCCC1)c1nc2ccccc2n1C. The van der Waals surface area contributed by atoms with Gasteiger partial charge in [0.1, 0.15) is 5.82 Å². The van der Waals surface area contributed by atoms with Gasteiger partial charge < -0.3 is 14.6 Å². The molecule has 0 bridgehead atoms. The number of aryl methyl sites for hydroxylation is 1. The monoisotopic (exact) mass is 287 g/mol. The quantitative estimate of drug-likeness (QED) is 0.829. The van der Waals surface area contributed by atoms with E-state index in [4.69, 9.17) is 9.72 Å². The molecule has 114 valence electrons. The maximum Gasteiger partial charge on any atom is 0.126 e. The van der Waals surface area contributed by atoms with Gasteiger partial charge in [0, 0.05) is 13.6 Å². The van der Waals surface area contributed by atoms with Gasteiger partial charge in [-0.3, -0.25) is 0 Å². The Morgan fingerprint density at radius 3 is 2.86 bits per heavy atom.